The molecule has 150 valence electrons. The highest BCUT2D eigenvalue weighted by Gasteiger charge is 2.25. The number of nitrogens with one attached hydrogen (secondary N) is 1. The van der Waals surface area contributed by atoms with Gasteiger partial charge in [-0.25, -0.2) is 14.4 Å². The minimum atomic E-state index is -0.625. The molecule has 0 bridgehead atoms. The Balaban J connectivity index is 1.69. The van der Waals surface area contributed by atoms with E-state index in [4.69, 9.17) is 5.73 Å². The average molecular weight is 406 g/mol. The molecule has 0 atom stereocenters. The molecule has 2 aromatic heterocycles. The summed E-state index contributed by atoms with van der Waals surface area (Å²) in [6, 6.07) is 13.1. The smallest absolute Gasteiger partial charge is 0.294 e. The molecular formula is C19H15FN8O2. The maximum absolute atomic E-state index is 13.3. The zero-order valence-corrected chi connectivity index (χ0v) is 15.7. The Morgan fingerprint density at radius 3 is 2.73 bits per heavy atom. The largest absolute Gasteiger partial charge is 0.378 e. The average Bonchev–Trinajstić information content (AvgIpc) is 3.34. The number of amides is 1. The molecule has 0 unspecified atom stereocenters. The molecule has 0 fully saturated rings. The van der Waals surface area contributed by atoms with Gasteiger partial charge in [-0.1, -0.05) is 47.2 Å². The van der Waals surface area contributed by atoms with Gasteiger partial charge in [0.15, 0.2) is 5.69 Å². The van der Waals surface area contributed by atoms with Crippen molar-refractivity contribution >= 4 is 17.9 Å². The predicted octanol–water partition coefficient (Wildman–Crippen LogP) is 2.11. The van der Waals surface area contributed by atoms with Crippen molar-refractivity contribution in [1.82, 2.24) is 30.7 Å². The van der Waals surface area contributed by atoms with Crippen LogP contribution in [-0.2, 0) is 0 Å². The van der Waals surface area contributed by atoms with Crippen LogP contribution < -0.4 is 11.2 Å². The number of hydrogen-bond acceptors (Lipinski definition) is 8. The molecule has 4 aromatic rings. The van der Waals surface area contributed by atoms with Crippen LogP contribution in [0.25, 0.3) is 17.1 Å². The van der Waals surface area contributed by atoms with E-state index in [0.717, 1.165) is 5.56 Å². The molecule has 3 N–H and O–H groups in total. The fraction of sp³-hybridized carbons (Fsp3) is 0.0526. The lowest BCUT2D eigenvalue weighted by Crippen LogP contribution is -2.19. The number of hydrogen-bond donors (Lipinski definition) is 2. The normalized spacial score (nSPS) is 11.1. The third kappa shape index (κ3) is 3.76. The van der Waals surface area contributed by atoms with Crippen LogP contribution >= 0.6 is 0 Å². The van der Waals surface area contributed by atoms with Crippen LogP contribution in [0.4, 0.5) is 10.2 Å². The highest BCUT2D eigenvalue weighted by atomic mass is 19.1. The van der Waals surface area contributed by atoms with Crippen molar-refractivity contribution in [3.8, 4) is 17.1 Å². The zero-order valence-electron chi connectivity index (χ0n) is 15.7. The van der Waals surface area contributed by atoms with Gasteiger partial charge in [-0.05, 0) is 34.9 Å². The Hall–Kier alpha value is -4.41. The molecule has 11 heteroatoms. The summed E-state index contributed by atoms with van der Waals surface area (Å²) in [5, 5.41) is 19.1. The monoisotopic (exact) mass is 406 g/mol. The maximum Gasteiger partial charge on any atom is 0.294 e. The molecule has 0 spiro atoms. The maximum atomic E-state index is 13.3. The van der Waals surface area contributed by atoms with Crippen LogP contribution in [0.5, 0.6) is 0 Å². The minimum absolute atomic E-state index is 0.00987. The minimum Gasteiger partial charge on any atom is -0.378 e. The highest BCUT2D eigenvalue weighted by molar-refractivity contribution is 5.98. The molecule has 1 amide bonds. The van der Waals surface area contributed by atoms with E-state index < -0.39 is 11.7 Å². The Bertz CT molecular complexity index is 1230. The molecule has 10 nitrogen and oxygen atoms in total. The van der Waals surface area contributed by atoms with Crippen LogP contribution in [0.2, 0.25) is 0 Å². The molecule has 4 rings (SSSR count). The van der Waals surface area contributed by atoms with E-state index in [9.17, 15) is 9.18 Å². The summed E-state index contributed by atoms with van der Waals surface area (Å²) in [4.78, 5) is 12.7. The van der Waals surface area contributed by atoms with E-state index in [2.05, 4.69) is 35.8 Å². The van der Waals surface area contributed by atoms with E-state index in [-0.39, 0.29) is 17.3 Å². The van der Waals surface area contributed by atoms with Crippen LogP contribution in [-0.4, -0.2) is 37.4 Å². The molecule has 0 saturated carbocycles. The van der Waals surface area contributed by atoms with E-state index in [1.807, 2.05) is 19.1 Å². The summed E-state index contributed by atoms with van der Waals surface area (Å²) in [5.74, 6) is -0.946. The number of carbonyl (C=O) groups is 1. The zero-order chi connectivity index (χ0) is 21.1. The Labute approximate surface area is 169 Å². The van der Waals surface area contributed by atoms with Gasteiger partial charge in [0.25, 0.3) is 5.91 Å². The van der Waals surface area contributed by atoms with Crippen molar-refractivity contribution in [2.75, 3.05) is 5.73 Å². The first-order valence-electron chi connectivity index (χ1n) is 8.73. The molecule has 0 saturated heterocycles. The van der Waals surface area contributed by atoms with Gasteiger partial charge in [-0.15, -0.1) is 5.10 Å². The summed E-state index contributed by atoms with van der Waals surface area (Å²) in [5.41, 5.74) is 10.6. The number of halogens is 1. The van der Waals surface area contributed by atoms with Crippen LogP contribution in [0.3, 0.4) is 0 Å². The molecule has 2 aromatic carbocycles. The predicted molar refractivity (Wildman–Crippen MR) is 105 cm³/mol. The first-order chi connectivity index (χ1) is 14.5. The van der Waals surface area contributed by atoms with Gasteiger partial charge in [-0.2, -0.15) is 9.78 Å². The van der Waals surface area contributed by atoms with Crippen molar-refractivity contribution in [3.63, 3.8) is 0 Å². The number of hydrazone groups is 1. The SMILES string of the molecule is Cc1ccc(-c2c(C(=O)NN=Cc3cccc(F)c3)nnn2-c2nonc2N)cc1. The topological polar surface area (TPSA) is 137 Å². The van der Waals surface area contributed by atoms with Gasteiger partial charge in [0.2, 0.25) is 11.6 Å². The number of nitrogens with two attached hydrogens (primary N) is 1. The molecule has 0 aliphatic heterocycles. The molecule has 0 aliphatic rings. The van der Waals surface area contributed by atoms with Crippen molar-refractivity contribution in [2.45, 2.75) is 6.92 Å². The summed E-state index contributed by atoms with van der Waals surface area (Å²) in [6.07, 6.45) is 1.32. The number of aryl methyl sites for hydroxylation is 1. The van der Waals surface area contributed by atoms with Gasteiger partial charge in [0.05, 0.1) is 6.21 Å². The van der Waals surface area contributed by atoms with Crippen LogP contribution in [0, 0.1) is 12.7 Å². The van der Waals surface area contributed by atoms with Crippen LogP contribution in [0.15, 0.2) is 58.3 Å². The second-order valence-electron chi connectivity index (χ2n) is 6.29. The quantitative estimate of drug-likeness (QED) is 0.382. The molecule has 2 heterocycles. The summed E-state index contributed by atoms with van der Waals surface area (Å²) in [7, 11) is 0. The van der Waals surface area contributed by atoms with Gasteiger partial charge in [0.1, 0.15) is 11.5 Å². The number of nitrogens with zero attached hydrogens (tertiary/aromatic N) is 6. The molecule has 0 aliphatic carbocycles. The third-order valence-corrected chi connectivity index (χ3v) is 4.13. The second-order valence-corrected chi connectivity index (χ2v) is 6.29. The highest BCUT2D eigenvalue weighted by Crippen LogP contribution is 2.26. The number of anilines is 1. The summed E-state index contributed by atoms with van der Waals surface area (Å²) >= 11 is 0. The van der Waals surface area contributed by atoms with E-state index in [0.29, 0.717) is 16.8 Å². The fourth-order valence-electron chi connectivity index (χ4n) is 2.70. The molecule has 30 heavy (non-hydrogen) atoms. The number of aromatic nitrogens is 5. The second kappa shape index (κ2) is 7.91. The van der Waals surface area contributed by atoms with Gasteiger partial charge in [-0.3, -0.25) is 4.79 Å². The van der Waals surface area contributed by atoms with Gasteiger partial charge in [0, 0.05) is 5.56 Å². The fourth-order valence-corrected chi connectivity index (χ4v) is 2.70. The van der Waals surface area contributed by atoms with E-state index in [1.165, 1.54) is 29.1 Å². The van der Waals surface area contributed by atoms with Gasteiger partial charge >= 0.3 is 0 Å². The number of nitrogen functional groups attached to an aromatic ring is 1. The molecular weight excluding hydrogens is 391 g/mol. The van der Waals surface area contributed by atoms with E-state index >= 15 is 0 Å². The summed E-state index contributed by atoms with van der Waals surface area (Å²) in [6.45, 7) is 1.94. The first kappa shape index (κ1) is 18.9. The van der Waals surface area contributed by atoms with Gasteiger partial charge < -0.3 is 5.73 Å². The van der Waals surface area contributed by atoms with Crippen LogP contribution in [0.1, 0.15) is 21.6 Å². The molecule has 0 radical (unpaired) electrons. The van der Waals surface area contributed by atoms with Crippen molar-refractivity contribution < 1.29 is 13.8 Å². The van der Waals surface area contributed by atoms with Crippen molar-refractivity contribution in [3.05, 3.63) is 71.2 Å². The Morgan fingerprint density at radius 2 is 2.03 bits per heavy atom. The van der Waals surface area contributed by atoms with Crippen molar-refractivity contribution in [2.24, 2.45) is 5.10 Å². The lowest BCUT2D eigenvalue weighted by Gasteiger charge is -2.06. The lowest BCUT2D eigenvalue weighted by atomic mass is 10.1. The first-order valence-corrected chi connectivity index (χ1v) is 8.73. The number of rotatable bonds is 5. The third-order valence-electron chi connectivity index (χ3n) is 4.13. The number of carbonyl (C=O) groups excluding carboxylic acids is 1. The summed E-state index contributed by atoms with van der Waals surface area (Å²) < 4.78 is 19.2. The lowest BCUT2D eigenvalue weighted by molar-refractivity contribution is 0.0950. The van der Waals surface area contributed by atoms with E-state index in [1.54, 1.807) is 18.2 Å². The Kier molecular flexibility index (Phi) is 4.99. The standard InChI is InChI=1S/C19H15FN8O2/c1-11-5-7-13(8-6-11)16-15(23-27-28(16)18-17(21)25-30-26-18)19(29)24-22-10-12-3-2-4-14(20)9-12/h2-10H,1H3,(H2,21,25)(H,24,29). The number of benzene rings is 2. The van der Waals surface area contributed by atoms with Crippen molar-refractivity contribution in [1.29, 1.82) is 0 Å². The Morgan fingerprint density at radius 1 is 1.23 bits per heavy atom.